The van der Waals surface area contributed by atoms with Gasteiger partial charge in [0.1, 0.15) is 6.54 Å². The number of ether oxygens (including phenoxy) is 1. The number of anilines is 1. The fraction of sp³-hybridized carbons (Fsp3) is 0.333. The van der Waals surface area contributed by atoms with E-state index in [0.717, 1.165) is 39.8 Å². The Morgan fingerprint density at radius 2 is 1.89 bits per heavy atom. The summed E-state index contributed by atoms with van der Waals surface area (Å²) in [5, 5.41) is 0. The highest BCUT2D eigenvalue weighted by atomic mass is 16.5. The van der Waals surface area contributed by atoms with Crippen molar-refractivity contribution in [2.24, 2.45) is 0 Å². The molecule has 3 heterocycles. The molecule has 1 amide bonds. The number of amides is 1. The van der Waals surface area contributed by atoms with Gasteiger partial charge in [-0.2, -0.15) is 0 Å². The van der Waals surface area contributed by atoms with Crippen LogP contribution in [-0.4, -0.2) is 44.9 Å². The van der Waals surface area contributed by atoms with Crippen LogP contribution in [-0.2, 0) is 35.6 Å². The molecule has 2 aromatic heterocycles. The van der Waals surface area contributed by atoms with E-state index in [1.54, 1.807) is 22.9 Å². The van der Waals surface area contributed by atoms with Gasteiger partial charge in [-0.15, -0.1) is 0 Å². The average molecular weight is 488 g/mol. The van der Waals surface area contributed by atoms with Crippen LogP contribution in [0.2, 0.25) is 0 Å². The third-order valence-corrected chi connectivity index (χ3v) is 6.65. The van der Waals surface area contributed by atoms with E-state index >= 15 is 0 Å². The van der Waals surface area contributed by atoms with Gasteiger partial charge in [0.25, 0.3) is 5.56 Å². The molecule has 0 fully saturated rings. The third kappa shape index (κ3) is 4.37. The van der Waals surface area contributed by atoms with Gasteiger partial charge < -0.3 is 14.2 Å². The summed E-state index contributed by atoms with van der Waals surface area (Å²) in [5.74, 6) is -0.285. The van der Waals surface area contributed by atoms with Crippen molar-refractivity contribution in [1.82, 2.24) is 18.7 Å². The highest BCUT2D eigenvalue weighted by molar-refractivity contribution is 5.94. The van der Waals surface area contributed by atoms with E-state index in [1.165, 1.54) is 4.57 Å². The highest BCUT2D eigenvalue weighted by Crippen LogP contribution is 2.28. The second-order valence-corrected chi connectivity index (χ2v) is 9.13. The van der Waals surface area contributed by atoms with Crippen molar-refractivity contribution in [2.45, 2.75) is 39.4 Å². The quantitative estimate of drug-likeness (QED) is 0.399. The van der Waals surface area contributed by atoms with Crippen LogP contribution in [0.4, 0.5) is 5.69 Å². The molecule has 5 rings (SSSR count). The molecule has 0 aliphatic carbocycles. The standard InChI is InChI=1S/C27H29N5O4/c1-19-10-11-22-21(15-19)9-6-12-30(22)23(33)17-32-26(34)24-25(28-18-29(24)13-14-36-2)31(27(32)35)16-20-7-4-3-5-8-20/h3-5,7-8,10-11,15,18H,6,9,12-14,16-17H2,1-2H3. The number of imidazole rings is 1. The number of carbonyl (C=O) groups excluding carboxylic acids is 1. The lowest BCUT2D eigenvalue weighted by Crippen LogP contribution is -2.46. The largest absolute Gasteiger partial charge is 0.383 e. The van der Waals surface area contributed by atoms with Crippen molar-refractivity contribution in [1.29, 1.82) is 0 Å². The van der Waals surface area contributed by atoms with E-state index in [1.807, 2.05) is 49.4 Å². The predicted molar refractivity (Wildman–Crippen MR) is 138 cm³/mol. The zero-order valence-corrected chi connectivity index (χ0v) is 20.5. The molecule has 186 valence electrons. The lowest BCUT2D eigenvalue weighted by molar-refractivity contribution is -0.119. The zero-order valence-electron chi connectivity index (χ0n) is 20.5. The smallest absolute Gasteiger partial charge is 0.333 e. The summed E-state index contributed by atoms with van der Waals surface area (Å²) in [5.41, 5.74) is 3.49. The van der Waals surface area contributed by atoms with Crippen molar-refractivity contribution in [3.8, 4) is 0 Å². The number of nitrogens with zero attached hydrogens (tertiary/aromatic N) is 5. The minimum Gasteiger partial charge on any atom is -0.383 e. The summed E-state index contributed by atoms with van der Waals surface area (Å²) in [7, 11) is 1.58. The maximum atomic E-state index is 13.6. The first kappa shape index (κ1) is 23.7. The Bertz CT molecular complexity index is 1530. The highest BCUT2D eigenvalue weighted by Gasteiger charge is 2.25. The van der Waals surface area contributed by atoms with E-state index in [-0.39, 0.29) is 24.5 Å². The minimum absolute atomic E-state index is 0.234. The van der Waals surface area contributed by atoms with Crippen LogP contribution in [0.5, 0.6) is 0 Å². The van der Waals surface area contributed by atoms with Gasteiger partial charge in [0.15, 0.2) is 11.2 Å². The molecule has 36 heavy (non-hydrogen) atoms. The fourth-order valence-electron chi connectivity index (χ4n) is 4.85. The van der Waals surface area contributed by atoms with Gasteiger partial charge >= 0.3 is 5.69 Å². The summed E-state index contributed by atoms with van der Waals surface area (Å²) >= 11 is 0. The Hall–Kier alpha value is -3.98. The predicted octanol–water partition coefficient (Wildman–Crippen LogP) is 2.34. The number of hydrogen-bond acceptors (Lipinski definition) is 5. The first-order chi connectivity index (χ1) is 17.5. The van der Waals surface area contributed by atoms with Gasteiger partial charge in [-0.25, -0.2) is 14.3 Å². The summed E-state index contributed by atoms with van der Waals surface area (Å²) in [6, 6.07) is 15.5. The normalized spacial score (nSPS) is 13.2. The monoisotopic (exact) mass is 487 g/mol. The van der Waals surface area contributed by atoms with Gasteiger partial charge in [-0.3, -0.25) is 14.2 Å². The van der Waals surface area contributed by atoms with Crippen molar-refractivity contribution in [2.75, 3.05) is 25.2 Å². The second kappa shape index (κ2) is 9.94. The number of aromatic nitrogens is 4. The van der Waals surface area contributed by atoms with Gasteiger partial charge in [0.05, 0.1) is 19.5 Å². The van der Waals surface area contributed by atoms with Crippen LogP contribution in [0.3, 0.4) is 0 Å². The van der Waals surface area contributed by atoms with Crippen molar-refractivity contribution in [3.63, 3.8) is 0 Å². The van der Waals surface area contributed by atoms with E-state index < -0.39 is 11.2 Å². The van der Waals surface area contributed by atoms with Crippen molar-refractivity contribution >= 4 is 22.8 Å². The number of rotatable bonds is 7. The number of carbonyl (C=O) groups is 1. The van der Waals surface area contributed by atoms with Gasteiger partial charge in [-0.1, -0.05) is 48.0 Å². The molecule has 0 bridgehead atoms. The van der Waals surface area contributed by atoms with E-state index in [2.05, 4.69) is 11.1 Å². The Labute approximate surface area is 208 Å². The van der Waals surface area contributed by atoms with Crippen LogP contribution in [0.15, 0.2) is 64.4 Å². The maximum Gasteiger partial charge on any atom is 0.333 e. The first-order valence-corrected chi connectivity index (χ1v) is 12.1. The molecule has 0 unspecified atom stereocenters. The van der Waals surface area contributed by atoms with Crippen LogP contribution in [0.25, 0.3) is 11.2 Å². The number of methoxy groups -OCH3 is 1. The molecule has 2 aromatic carbocycles. The summed E-state index contributed by atoms with van der Waals surface area (Å²) in [4.78, 5) is 46.8. The number of hydrogen-bond donors (Lipinski definition) is 0. The molecule has 0 N–H and O–H groups in total. The third-order valence-electron chi connectivity index (χ3n) is 6.65. The molecule has 0 atom stereocenters. The molecule has 1 aliphatic rings. The topological polar surface area (TPSA) is 91.4 Å². The summed E-state index contributed by atoms with van der Waals surface area (Å²) in [6.45, 7) is 3.25. The van der Waals surface area contributed by atoms with Crippen molar-refractivity contribution in [3.05, 3.63) is 92.4 Å². The van der Waals surface area contributed by atoms with Gasteiger partial charge in [-0.05, 0) is 37.0 Å². The first-order valence-electron chi connectivity index (χ1n) is 12.1. The second-order valence-electron chi connectivity index (χ2n) is 9.13. The number of benzene rings is 2. The van der Waals surface area contributed by atoms with Gasteiger partial charge in [0, 0.05) is 25.9 Å². The molecule has 9 heteroatoms. The fourth-order valence-corrected chi connectivity index (χ4v) is 4.85. The van der Waals surface area contributed by atoms with Crippen LogP contribution < -0.4 is 16.1 Å². The van der Waals surface area contributed by atoms with Crippen LogP contribution in [0.1, 0.15) is 23.1 Å². The Kier molecular flexibility index (Phi) is 6.56. The molecule has 1 aliphatic heterocycles. The molecule has 0 saturated heterocycles. The Morgan fingerprint density at radius 1 is 1.08 bits per heavy atom. The minimum atomic E-state index is -0.553. The molecule has 9 nitrogen and oxygen atoms in total. The number of fused-ring (bicyclic) bond motifs is 2. The molecular weight excluding hydrogens is 458 g/mol. The SMILES string of the molecule is COCCn1cnc2c1c(=O)n(CC(=O)N1CCCc3cc(C)ccc31)c(=O)n2Cc1ccccc1. The van der Waals surface area contributed by atoms with E-state index in [0.29, 0.717) is 25.3 Å². The lowest BCUT2D eigenvalue weighted by Gasteiger charge is -2.30. The van der Waals surface area contributed by atoms with Crippen LogP contribution in [0, 0.1) is 6.92 Å². The van der Waals surface area contributed by atoms with Crippen molar-refractivity contribution < 1.29 is 9.53 Å². The molecule has 0 radical (unpaired) electrons. The number of aryl methyl sites for hydroxylation is 2. The molecule has 4 aromatic rings. The Morgan fingerprint density at radius 3 is 2.67 bits per heavy atom. The summed E-state index contributed by atoms with van der Waals surface area (Å²) in [6.07, 6.45) is 3.27. The van der Waals surface area contributed by atoms with Gasteiger partial charge in [0.2, 0.25) is 5.91 Å². The average Bonchev–Trinajstić information content (AvgIpc) is 3.31. The Balaban J connectivity index is 1.59. The van der Waals surface area contributed by atoms with E-state index in [4.69, 9.17) is 4.74 Å². The zero-order chi connectivity index (χ0) is 25.2. The van der Waals surface area contributed by atoms with E-state index in [9.17, 15) is 14.4 Å². The molecule has 0 saturated carbocycles. The maximum absolute atomic E-state index is 13.6. The molecule has 0 spiro atoms. The molecular formula is C27H29N5O4. The van der Waals surface area contributed by atoms with Crippen LogP contribution >= 0.6 is 0 Å². The lowest BCUT2D eigenvalue weighted by atomic mass is 9.99. The summed E-state index contributed by atoms with van der Waals surface area (Å²) < 4.78 is 9.38.